The van der Waals surface area contributed by atoms with Crippen LogP contribution in [-0.4, -0.2) is 153 Å². The smallest absolute Gasteiger partial charge is 0.329 e. The molecule has 0 aromatic heterocycles. The van der Waals surface area contributed by atoms with E-state index in [0.717, 1.165) is 4.90 Å². The summed E-state index contributed by atoms with van der Waals surface area (Å²) in [6.45, 7) is 12.2. The maximum atomic E-state index is 14.5. The molecule has 1 amide bonds. The quantitative estimate of drug-likeness (QED) is 0.126. The number of aliphatic hydroxyl groups excluding tert-OH is 2. The van der Waals surface area contributed by atoms with Crippen LogP contribution < -0.4 is 4.72 Å². The van der Waals surface area contributed by atoms with Crippen LogP contribution in [0.1, 0.15) is 126 Å². The Labute approximate surface area is 422 Å². The van der Waals surface area contributed by atoms with Crippen molar-refractivity contribution in [3.8, 4) is 0 Å². The van der Waals surface area contributed by atoms with Crippen molar-refractivity contribution in [2.45, 2.75) is 180 Å². The van der Waals surface area contributed by atoms with Gasteiger partial charge in [-0.05, 0) is 108 Å². The van der Waals surface area contributed by atoms with E-state index in [0.29, 0.717) is 62.5 Å². The Balaban J connectivity index is 1.75. The van der Waals surface area contributed by atoms with Gasteiger partial charge in [0, 0.05) is 58.1 Å². The number of amides is 1. The van der Waals surface area contributed by atoms with Crippen LogP contribution in [0.3, 0.4) is 0 Å². The number of ketones is 3. The number of fused-ring (bicyclic) bond motifs is 3. The van der Waals surface area contributed by atoms with Gasteiger partial charge in [0.15, 0.2) is 5.78 Å². The first-order valence-corrected chi connectivity index (χ1v) is 27.2. The van der Waals surface area contributed by atoms with Gasteiger partial charge in [0.2, 0.25) is 15.8 Å². The standard InChI is InChI=1S/C53H84N2O15S/c1-32-16-12-11-13-17-33(2)41(54-71(64,65)25-24-66-8)30-40-21-19-38(7)53(63,70-40)50(60)51(61)55-23-15-14-18-42(55)52(62)69-45(35(4)28-39-20-22-43(56)46(29-39)67-9)31-44(57)34(3)27-37(6)48(59)49(68-10)47(58)36(5)26-32/h11-13,16-17,27,32,34-36,38-43,45-46,48-49,54,56,59,63H,14-15,18-26,28-31H2,1-10H3/b13-11+,16-12+,33-17+,37-27+/t32-,34-,35-,36-,38-,39+,40+,41+,42+,43-,45+,46-,48-,49+,53-/m1/s1. The number of aliphatic hydroxyl groups is 3. The third-order valence-corrected chi connectivity index (χ3v) is 16.5. The minimum Gasteiger partial charge on any atom is -0.460 e. The lowest BCUT2D eigenvalue weighted by Gasteiger charge is -2.43. The lowest BCUT2D eigenvalue weighted by atomic mass is 9.78. The maximum Gasteiger partial charge on any atom is 0.329 e. The summed E-state index contributed by atoms with van der Waals surface area (Å²) in [7, 11) is 0.410. The number of esters is 1. The molecule has 1 aliphatic carbocycles. The summed E-state index contributed by atoms with van der Waals surface area (Å²) in [5, 5.41) is 34.1. The van der Waals surface area contributed by atoms with Crippen LogP contribution in [0.15, 0.2) is 47.6 Å². The molecule has 4 aliphatic rings. The second kappa shape index (κ2) is 27.7. The third-order valence-electron chi connectivity index (χ3n) is 15.1. The number of Topliss-reactive ketones (excluding diaryl/α,β-unsaturated/α-hetero) is 3. The minimum atomic E-state index is -3.89. The van der Waals surface area contributed by atoms with Gasteiger partial charge in [0.1, 0.15) is 30.1 Å². The van der Waals surface area contributed by atoms with Crippen molar-refractivity contribution in [2.24, 2.45) is 35.5 Å². The van der Waals surface area contributed by atoms with Crippen molar-refractivity contribution in [1.82, 2.24) is 9.62 Å². The molecule has 71 heavy (non-hydrogen) atoms. The first-order valence-electron chi connectivity index (χ1n) is 25.6. The van der Waals surface area contributed by atoms with E-state index in [1.165, 1.54) is 14.2 Å². The first kappa shape index (κ1) is 60.1. The molecule has 18 heteroatoms. The molecule has 0 spiro atoms. The van der Waals surface area contributed by atoms with Gasteiger partial charge in [-0.15, -0.1) is 0 Å². The van der Waals surface area contributed by atoms with Crippen molar-refractivity contribution < 1.29 is 71.4 Å². The Morgan fingerprint density at radius 2 is 1.61 bits per heavy atom. The average molecular weight is 1020 g/mol. The number of nitrogens with one attached hydrogen (secondary N) is 1. The van der Waals surface area contributed by atoms with Crippen molar-refractivity contribution in [3.05, 3.63) is 47.6 Å². The minimum absolute atomic E-state index is 0.00697. The van der Waals surface area contributed by atoms with Crippen LogP contribution in [0, 0.1) is 35.5 Å². The van der Waals surface area contributed by atoms with Gasteiger partial charge in [0.05, 0.1) is 30.7 Å². The Morgan fingerprint density at radius 3 is 2.28 bits per heavy atom. The lowest BCUT2D eigenvalue weighted by molar-refractivity contribution is -0.264. The van der Waals surface area contributed by atoms with E-state index >= 15 is 0 Å². The van der Waals surface area contributed by atoms with Crippen LogP contribution in [0.2, 0.25) is 0 Å². The number of cyclic esters (lactones) is 1. The number of hydrogen-bond donors (Lipinski definition) is 4. The largest absolute Gasteiger partial charge is 0.460 e. The number of nitrogens with zero attached hydrogens (tertiary/aromatic N) is 1. The summed E-state index contributed by atoms with van der Waals surface area (Å²) in [5.41, 5.74) is 0.954. The molecule has 0 unspecified atom stereocenters. The third kappa shape index (κ3) is 16.8. The van der Waals surface area contributed by atoms with Gasteiger partial charge in [-0.2, -0.15) is 0 Å². The molecule has 3 aliphatic heterocycles. The van der Waals surface area contributed by atoms with E-state index in [9.17, 15) is 47.7 Å². The summed E-state index contributed by atoms with van der Waals surface area (Å²) in [5.74, 6) is -9.18. The number of sulfonamides is 1. The van der Waals surface area contributed by atoms with Gasteiger partial charge >= 0.3 is 5.97 Å². The normalized spacial score (nSPS) is 38.2. The van der Waals surface area contributed by atoms with Gasteiger partial charge < -0.3 is 43.9 Å². The Hall–Kier alpha value is -3.46. The fourth-order valence-corrected chi connectivity index (χ4v) is 11.7. The fraction of sp³-hybridized carbons (Fsp3) is 0.755. The van der Waals surface area contributed by atoms with Crippen molar-refractivity contribution in [1.29, 1.82) is 0 Å². The molecule has 15 atom stereocenters. The molecule has 4 N–H and O–H groups in total. The van der Waals surface area contributed by atoms with E-state index in [1.807, 2.05) is 26.0 Å². The average Bonchev–Trinajstić information content (AvgIpc) is 3.33. The van der Waals surface area contributed by atoms with Crippen LogP contribution >= 0.6 is 0 Å². The van der Waals surface area contributed by atoms with Crippen molar-refractivity contribution >= 4 is 39.2 Å². The highest BCUT2D eigenvalue weighted by Crippen LogP contribution is 2.38. The summed E-state index contributed by atoms with van der Waals surface area (Å²) < 4.78 is 57.8. The van der Waals surface area contributed by atoms with Crippen molar-refractivity contribution in [2.75, 3.05) is 40.2 Å². The molecule has 402 valence electrons. The van der Waals surface area contributed by atoms with E-state index < -0.39 is 93.8 Å². The predicted octanol–water partition coefficient (Wildman–Crippen LogP) is 5.10. The topological polar surface area (TPSA) is 242 Å². The molecule has 3 fully saturated rings. The number of methoxy groups -OCH3 is 3. The van der Waals surface area contributed by atoms with Crippen molar-refractivity contribution in [3.63, 3.8) is 0 Å². The van der Waals surface area contributed by atoms with E-state index in [-0.39, 0.29) is 80.0 Å². The molecule has 0 aromatic carbocycles. The van der Waals surface area contributed by atoms with Gasteiger partial charge in [-0.1, -0.05) is 76.6 Å². The number of carbonyl (C=O) groups is 5. The highest BCUT2D eigenvalue weighted by atomic mass is 32.2. The highest BCUT2D eigenvalue weighted by Gasteiger charge is 2.53. The summed E-state index contributed by atoms with van der Waals surface area (Å²) >= 11 is 0. The molecule has 2 saturated heterocycles. The second-order valence-corrected chi connectivity index (χ2v) is 22.7. The Morgan fingerprint density at radius 1 is 0.887 bits per heavy atom. The molecule has 0 radical (unpaired) electrons. The molecule has 2 bridgehead atoms. The SMILES string of the molecule is COCCS(=O)(=O)N[C@H]1C[C@@H]2CC[C@@H](C)[C@@](O)(O2)C(=O)C(=O)N2CCCC[C@H]2C(=O)O[C@H]([C@H](C)C[C@@H]2CC[C@@H](O)[C@H](OC)C2)CC(=O)[C@H](C)/C=C(\C)[C@@H](O)[C@@H](OC)C(=O)[C@H](C)C[C@H](C)/C=C/C=C/C=C/1C. The van der Waals surface area contributed by atoms with E-state index in [1.54, 1.807) is 66.0 Å². The number of hydrogen-bond acceptors (Lipinski definition) is 15. The zero-order valence-electron chi connectivity index (χ0n) is 43.7. The molecule has 0 aromatic rings. The van der Waals surface area contributed by atoms with Gasteiger partial charge in [-0.3, -0.25) is 19.2 Å². The van der Waals surface area contributed by atoms with Gasteiger partial charge in [-0.25, -0.2) is 17.9 Å². The number of piperidine rings is 1. The first-order chi connectivity index (χ1) is 33.5. The fourth-order valence-electron chi connectivity index (χ4n) is 10.5. The zero-order valence-corrected chi connectivity index (χ0v) is 44.6. The number of allylic oxidation sites excluding steroid dienone is 6. The molecule has 1 saturated carbocycles. The number of ether oxygens (including phenoxy) is 5. The van der Waals surface area contributed by atoms with E-state index in [2.05, 4.69) is 4.72 Å². The molecular formula is C53H84N2O15S. The molecule has 17 nitrogen and oxygen atoms in total. The molecular weight excluding hydrogens is 937 g/mol. The van der Waals surface area contributed by atoms with Gasteiger partial charge in [0.25, 0.3) is 11.7 Å². The monoisotopic (exact) mass is 1020 g/mol. The van der Waals surface area contributed by atoms with Crippen LogP contribution in [0.5, 0.6) is 0 Å². The van der Waals surface area contributed by atoms with Crippen LogP contribution in [0.4, 0.5) is 0 Å². The zero-order chi connectivity index (χ0) is 52.8. The molecule has 3 heterocycles. The Kier molecular flexibility index (Phi) is 23.5. The highest BCUT2D eigenvalue weighted by molar-refractivity contribution is 7.89. The number of carbonyl (C=O) groups excluding carboxylic acids is 5. The predicted molar refractivity (Wildman–Crippen MR) is 267 cm³/mol. The van der Waals surface area contributed by atoms with E-state index in [4.69, 9.17) is 23.7 Å². The summed E-state index contributed by atoms with van der Waals surface area (Å²) in [6.07, 6.45) is 9.50. The lowest BCUT2D eigenvalue weighted by Crippen LogP contribution is -2.61. The molecule has 4 rings (SSSR count). The maximum absolute atomic E-state index is 14.5. The Bertz CT molecular complexity index is 2050. The summed E-state index contributed by atoms with van der Waals surface area (Å²) in [4.78, 5) is 72.3. The second-order valence-electron chi connectivity index (χ2n) is 20.8. The summed E-state index contributed by atoms with van der Waals surface area (Å²) in [6, 6.07) is -2.06. The number of rotatable bonds is 10. The van der Waals surface area contributed by atoms with Crippen LogP contribution in [-0.2, 0) is 57.7 Å². The van der Waals surface area contributed by atoms with Crippen LogP contribution in [0.25, 0.3) is 0 Å².